The minimum absolute atomic E-state index is 0.0192. The Balaban J connectivity index is 1.62. The molecule has 0 atom stereocenters. The molecule has 6 heteroatoms. The molecule has 2 rings (SSSR count). The monoisotopic (exact) mass is 279 g/mol. The van der Waals surface area contributed by atoms with Gasteiger partial charge in [-0.3, -0.25) is 9.59 Å². The molecule has 1 aromatic rings. The van der Waals surface area contributed by atoms with Crippen molar-refractivity contribution in [1.82, 2.24) is 15.3 Å². The summed E-state index contributed by atoms with van der Waals surface area (Å²) in [5.41, 5.74) is 0. The highest BCUT2D eigenvalue weighted by Crippen LogP contribution is 2.28. The van der Waals surface area contributed by atoms with Gasteiger partial charge >= 0.3 is 5.97 Å². The normalized spacial score (nSPS) is 22.4. The van der Waals surface area contributed by atoms with Crippen molar-refractivity contribution in [1.29, 1.82) is 0 Å². The summed E-state index contributed by atoms with van der Waals surface area (Å²) >= 11 is 0. The van der Waals surface area contributed by atoms with Gasteiger partial charge in [0.25, 0.3) is 0 Å². The van der Waals surface area contributed by atoms with Crippen molar-refractivity contribution >= 4 is 11.9 Å². The second kappa shape index (κ2) is 7.07. The highest BCUT2D eigenvalue weighted by Gasteiger charge is 2.29. The predicted molar refractivity (Wildman–Crippen MR) is 73.0 cm³/mol. The molecule has 1 aromatic heterocycles. The van der Waals surface area contributed by atoms with Crippen molar-refractivity contribution in [3.05, 3.63) is 18.2 Å². The van der Waals surface area contributed by atoms with Gasteiger partial charge in [-0.25, -0.2) is 4.98 Å². The number of nitrogens with one attached hydrogen (secondary N) is 2. The second-order valence-electron chi connectivity index (χ2n) is 5.32. The Morgan fingerprint density at radius 2 is 2.00 bits per heavy atom. The number of carbonyl (C=O) groups excluding carboxylic acids is 1. The van der Waals surface area contributed by atoms with Crippen molar-refractivity contribution in [2.24, 2.45) is 11.8 Å². The van der Waals surface area contributed by atoms with Gasteiger partial charge in [0.05, 0.1) is 5.92 Å². The molecule has 1 fully saturated rings. The fraction of sp³-hybridized carbons (Fsp3) is 0.643. The average Bonchev–Trinajstić information content (AvgIpc) is 2.96. The molecule has 110 valence electrons. The summed E-state index contributed by atoms with van der Waals surface area (Å²) in [6, 6.07) is 0. The molecule has 0 saturated heterocycles. The van der Waals surface area contributed by atoms with Crippen LogP contribution in [-0.4, -0.2) is 33.5 Å². The van der Waals surface area contributed by atoms with E-state index in [-0.39, 0.29) is 17.7 Å². The lowest BCUT2D eigenvalue weighted by Gasteiger charge is -2.25. The number of amides is 1. The number of aromatic nitrogens is 2. The van der Waals surface area contributed by atoms with Crippen LogP contribution in [0.3, 0.4) is 0 Å². The Bertz CT molecular complexity index is 437. The number of nitrogens with zero attached hydrogens (tertiary/aromatic N) is 1. The highest BCUT2D eigenvalue weighted by atomic mass is 16.4. The smallest absolute Gasteiger partial charge is 0.306 e. The van der Waals surface area contributed by atoms with Crippen molar-refractivity contribution in [3.63, 3.8) is 0 Å². The van der Waals surface area contributed by atoms with E-state index in [9.17, 15) is 9.59 Å². The molecule has 0 radical (unpaired) electrons. The van der Waals surface area contributed by atoms with E-state index in [0.717, 1.165) is 18.7 Å². The lowest BCUT2D eigenvalue weighted by molar-refractivity contribution is -0.144. The minimum Gasteiger partial charge on any atom is -0.481 e. The largest absolute Gasteiger partial charge is 0.481 e. The summed E-state index contributed by atoms with van der Waals surface area (Å²) in [4.78, 5) is 29.9. The summed E-state index contributed by atoms with van der Waals surface area (Å²) in [5, 5.41) is 11.8. The van der Waals surface area contributed by atoms with Crippen LogP contribution >= 0.6 is 0 Å². The maximum atomic E-state index is 12.0. The number of hydrogen-bond acceptors (Lipinski definition) is 3. The first-order valence-corrected chi connectivity index (χ1v) is 7.15. The lowest BCUT2D eigenvalue weighted by Crippen LogP contribution is -2.35. The number of rotatable bonds is 6. The summed E-state index contributed by atoms with van der Waals surface area (Å²) in [6.45, 7) is 0.637. The Morgan fingerprint density at radius 3 is 2.60 bits per heavy atom. The van der Waals surface area contributed by atoms with Crippen LogP contribution in [0.5, 0.6) is 0 Å². The summed E-state index contributed by atoms with van der Waals surface area (Å²) in [6.07, 6.45) is 7.76. The molecule has 1 amide bonds. The molecular weight excluding hydrogens is 258 g/mol. The molecule has 20 heavy (non-hydrogen) atoms. The van der Waals surface area contributed by atoms with E-state index >= 15 is 0 Å². The number of H-pyrrole nitrogens is 1. The molecule has 0 aromatic carbocycles. The summed E-state index contributed by atoms with van der Waals surface area (Å²) < 4.78 is 0. The first-order valence-electron chi connectivity index (χ1n) is 7.15. The Kier molecular flexibility index (Phi) is 5.15. The highest BCUT2D eigenvalue weighted by molar-refractivity contribution is 5.79. The topological polar surface area (TPSA) is 95.1 Å². The molecule has 0 bridgehead atoms. The quantitative estimate of drug-likeness (QED) is 0.685. The van der Waals surface area contributed by atoms with Gasteiger partial charge in [-0.15, -0.1) is 0 Å². The van der Waals surface area contributed by atoms with Gasteiger partial charge < -0.3 is 15.4 Å². The van der Waals surface area contributed by atoms with Crippen molar-refractivity contribution in [3.8, 4) is 0 Å². The molecule has 1 heterocycles. The molecule has 6 nitrogen and oxygen atoms in total. The minimum atomic E-state index is -0.734. The summed E-state index contributed by atoms with van der Waals surface area (Å²) in [5.74, 6) is -0.0241. The molecule has 0 spiro atoms. The van der Waals surface area contributed by atoms with Gasteiger partial charge in [-0.05, 0) is 32.1 Å². The fourth-order valence-corrected chi connectivity index (χ4v) is 2.65. The maximum absolute atomic E-state index is 12.0. The van der Waals surface area contributed by atoms with E-state index in [0.29, 0.717) is 32.2 Å². The third kappa shape index (κ3) is 4.08. The number of carboxylic acids is 1. The van der Waals surface area contributed by atoms with E-state index in [1.165, 1.54) is 0 Å². The van der Waals surface area contributed by atoms with Crippen LogP contribution in [0.2, 0.25) is 0 Å². The molecule has 3 N–H and O–H groups in total. The van der Waals surface area contributed by atoms with Crippen LogP contribution in [0, 0.1) is 11.8 Å². The van der Waals surface area contributed by atoms with Crippen molar-refractivity contribution in [2.45, 2.75) is 38.5 Å². The predicted octanol–water partition coefficient (Wildman–Crippen LogP) is 1.35. The van der Waals surface area contributed by atoms with Gasteiger partial charge in [0, 0.05) is 31.3 Å². The van der Waals surface area contributed by atoms with Crippen LogP contribution in [0.25, 0.3) is 0 Å². The number of hydrogen-bond donors (Lipinski definition) is 3. The van der Waals surface area contributed by atoms with Crippen LogP contribution in [0.15, 0.2) is 12.4 Å². The average molecular weight is 279 g/mol. The first-order chi connectivity index (χ1) is 9.66. The van der Waals surface area contributed by atoms with Gasteiger partial charge in [-0.2, -0.15) is 0 Å². The van der Waals surface area contributed by atoms with E-state index in [2.05, 4.69) is 15.3 Å². The third-order valence-corrected chi connectivity index (χ3v) is 3.89. The zero-order valence-corrected chi connectivity index (χ0v) is 11.5. The van der Waals surface area contributed by atoms with E-state index < -0.39 is 5.97 Å². The van der Waals surface area contributed by atoms with E-state index in [1.54, 1.807) is 12.4 Å². The summed E-state index contributed by atoms with van der Waals surface area (Å²) in [7, 11) is 0. The van der Waals surface area contributed by atoms with Crippen LogP contribution in [0.4, 0.5) is 0 Å². The standard InChI is InChI=1S/C14H21N3O3/c18-13(10-3-5-11(6-4-10)14(19)20)17-7-1-2-12-15-8-9-16-12/h8-11H,1-7H2,(H,15,16)(H,17,18)(H,19,20). The fourth-order valence-electron chi connectivity index (χ4n) is 2.65. The number of carboxylic acid groups (broad SMARTS) is 1. The van der Waals surface area contributed by atoms with Gasteiger partial charge in [0.2, 0.25) is 5.91 Å². The number of aliphatic carboxylic acids is 1. The van der Waals surface area contributed by atoms with Crippen molar-refractivity contribution in [2.75, 3.05) is 6.54 Å². The van der Waals surface area contributed by atoms with Gasteiger partial charge in [-0.1, -0.05) is 0 Å². The van der Waals surface area contributed by atoms with E-state index in [1.807, 2.05) is 0 Å². The number of aryl methyl sites for hydroxylation is 1. The van der Waals surface area contributed by atoms with Crippen LogP contribution in [-0.2, 0) is 16.0 Å². The Labute approximate surface area is 118 Å². The molecule has 0 aliphatic heterocycles. The molecule has 1 aliphatic carbocycles. The molecule has 0 unspecified atom stereocenters. The second-order valence-corrected chi connectivity index (χ2v) is 5.32. The van der Waals surface area contributed by atoms with Crippen LogP contribution in [0.1, 0.15) is 37.9 Å². The Morgan fingerprint density at radius 1 is 1.30 bits per heavy atom. The van der Waals surface area contributed by atoms with E-state index in [4.69, 9.17) is 5.11 Å². The maximum Gasteiger partial charge on any atom is 0.306 e. The number of imidazole rings is 1. The van der Waals surface area contributed by atoms with Crippen LogP contribution < -0.4 is 5.32 Å². The molecular formula is C14H21N3O3. The third-order valence-electron chi connectivity index (χ3n) is 3.89. The molecule has 1 saturated carbocycles. The number of carbonyl (C=O) groups is 2. The van der Waals surface area contributed by atoms with Gasteiger partial charge in [0.1, 0.15) is 5.82 Å². The number of aromatic amines is 1. The molecule has 1 aliphatic rings. The Hall–Kier alpha value is -1.85. The first kappa shape index (κ1) is 14.6. The lowest BCUT2D eigenvalue weighted by atomic mass is 9.81. The zero-order valence-electron chi connectivity index (χ0n) is 11.5. The SMILES string of the molecule is O=C(O)C1CCC(C(=O)NCCCc2ncc[nH]2)CC1. The van der Waals surface area contributed by atoms with Gasteiger partial charge in [0.15, 0.2) is 0 Å². The zero-order chi connectivity index (χ0) is 14.4. The van der Waals surface area contributed by atoms with Crippen molar-refractivity contribution < 1.29 is 14.7 Å².